The standard InChI is InChI=1S/C18H12FNO5/c19-12-6-7-15-13(8-12)16(22)14(9-21)17(25-15)20-18(23)24-10-11-4-2-1-3-5-11/h1-9H,10H2,(H,20,23). The molecule has 6 nitrogen and oxygen atoms in total. The number of carbonyl (C=O) groups excluding carboxylic acids is 2. The summed E-state index contributed by atoms with van der Waals surface area (Å²) < 4.78 is 23.6. The van der Waals surface area contributed by atoms with E-state index < -0.39 is 22.9 Å². The van der Waals surface area contributed by atoms with Gasteiger partial charge in [-0.2, -0.15) is 0 Å². The first-order valence-corrected chi connectivity index (χ1v) is 7.27. The average molecular weight is 341 g/mol. The van der Waals surface area contributed by atoms with Crippen LogP contribution in [0.3, 0.4) is 0 Å². The number of benzene rings is 2. The van der Waals surface area contributed by atoms with E-state index >= 15 is 0 Å². The summed E-state index contributed by atoms with van der Waals surface area (Å²) in [5, 5.41) is 2.13. The maximum atomic E-state index is 13.3. The molecule has 1 heterocycles. The lowest BCUT2D eigenvalue weighted by molar-refractivity contribution is 0.112. The number of hydrogen-bond donors (Lipinski definition) is 1. The van der Waals surface area contributed by atoms with Crippen molar-refractivity contribution in [2.24, 2.45) is 0 Å². The Morgan fingerprint density at radius 1 is 1.20 bits per heavy atom. The first-order valence-electron chi connectivity index (χ1n) is 7.27. The molecule has 3 rings (SSSR count). The lowest BCUT2D eigenvalue weighted by Gasteiger charge is -2.09. The molecule has 1 N–H and O–H groups in total. The number of carbonyl (C=O) groups is 2. The number of fused-ring (bicyclic) bond motifs is 1. The predicted octanol–water partition coefficient (Wildman–Crippen LogP) is 3.49. The lowest BCUT2D eigenvalue weighted by atomic mass is 10.1. The summed E-state index contributed by atoms with van der Waals surface area (Å²) in [5.74, 6) is -0.989. The van der Waals surface area contributed by atoms with Gasteiger partial charge in [-0.3, -0.25) is 14.9 Å². The van der Waals surface area contributed by atoms with Crippen molar-refractivity contribution < 1.29 is 23.1 Å². The normalized spacial score (nSPS) is 10.4. The Bertz CT molecular complexity index is 998. The van der Waals surface area contributed by atoms with E-state index in [1.54, 1.807) is 24.3 Å². The zero-order valence-corrected chi connectivity index (χ0v) is 12.8. The van der Waals surface area contributed by atoms with Crippen molar-refractivity contribution in [2.45, 2.75) is 6.61 Å². The van der Waals surface area contributed by atoms with Gasteiger partial charge in [0.05, 0.1) is 5.39 Å². The second-order valence-electron chi connectivity index (χ2n) is 5.12. The molecular weight excluding hydrogens is 329 g/mol. The van der Waals surface area contributed by atoms with Gasteiger partial charge in [-0.25, -0.2) is 9.18 Å². The summed E-state index contributed by atoms with van der Waals surface area (Å²) in [5.41, 5.74) is -0.358. The lowest BCUT2D eigenvalue weighted by Crippen LogP contribution is -2.19. The van der Waals surface area contributed by atoms with Gasteiger partial charge in [0, 0.05) is 0 Å². The van der Waals surface area contributed by atoms with Crippen LogP contribution in [0.25, 0.3) is 11.0 Å². The van der Waals surface area contributed by atoms with Crippen LogP contribution >= 0.6 is 0 Å². The van der Waals surface area contributed by atoms with Gasteiger partial charge < -0.3 is 9.15 Å². The molecule has 0 atom stereocenters. The number of amides is 1. The molecule has 0 aliphatic rings. The smallest absolute Gasteiger partial charge is 0.414 e. The van der Waals surface area contributed by atoms with Gasteiger partial charge >= 0.3 is 6.09 Å². The van der Waals surface area contributed by atoms with Crippen molar-refractivity contribution in [3.63, 3.8) is 0 Å². The van der Waals surface area contributed by atoms with E-state index in [0.717, 1.165) is 17.7 Å². The predicted molar refractivity (Wildman–Crippen MR) is 88.1 cm³/mol. The first-order chi connectivity index (χ1) is 12.1. The number of rotatable bonds is 4. The van der Waals surface area contributed by atoms with Gasteiger partial charge in [0.25, 0.3) is 0 Å². The summed E-state index contributed by atoms with van der Waals surface area (Å²) >= 11 is 0. The van der Waals surface area contributed by atoms with E-state index in [9.17, 15) is 18.8 Å². The summed E-state index contributed by atoms with van der Waals surface area (Å²) in [7, 11) is 0. The Kier molecular flexibility index (Phi) is 4.56. The monoisotopic (exact) mass is 341 g/mol. The molecule has 0 spiro atoms. The van der Waals surface area contributed by atoms with Crippen molar-refractivity contribution in [3.8, 4) is 0 Å². The highest BCUT2D eigenvalue weighted by Crippen LogP contribution is 2.20. The van der Waals surface area contributed by atoms with Crippen LogP contribution in [0.2, 0.25) is 0 Å². The molecule has 0 saturated heterocycles. The fraction of sp³-hybridized carbons (Fsp3) is 0.0556. The fourth-order valence-corrected chi connectivity index (χ4v) is 2.23. The quantitative estimate of drug-likeness (QED) is 0.734. The maximum absolute atomic E-state index is 13.3. The van der Waals surface area contributed by atoms with Crippen molar-refractivity contribution >= 4 is 29.2 Å². The Hall–Kier alpha value is -3.48. The highest BCUT2D eigenvalue weighted by atomic mass is 19.1. The molecular formula is C18H12FNO5. The first kappa shape index (κ1) is 16.4. The molecule has 0 aliphatic heterocycles. The molecule has 0 fully saturated rings. The van der Waals surface area contributed by atoms with Crippen LogP contribution in [0.4, 0.5) is 15.1 Å². The van der Waals surface area contributed by atoms with Crippen molar-refractivity contribution in [3.05, 3.63) is 75.7 Å². The number of ether oxygens (including phenoxy) is 1. The Balaban J connectivity index is 1.85. The van der Waals surface area contributed by atoms with Gasteiger partial charge in [-0.1, -0.05) is 30.3 Å². The van der Waals surface area contributed by atoms with Gasteiger partial charge in [-0.15, -0.1) is 0 Å². The molecule has 7 heteroatoms. The van der Waals surface area contributed by atoms with Crippen LogP contribution in [0.5, 0.6) is 0 Å². The molecule has 3 aromatic rings. The largest absolute Gasteiger partial charge is 0.444 e. The maximum Gasteiger partial charge on any atom is 0.414 e. The number of aldehydes is 1. The third-order valence-electron chi connectivity index (χ3n) is 3.43. The van der Waals surface area contributed by atoms with Crippen molar-refractivity contribution in [2.75, 3.05) is 5.32 Å². The van der Waals surface area contributed by atoms with E-state index in [1.807, 2.05) is 6.07 Å². The third-order valence-corrected chi connectivity index (χ3v) is 3.43. The SMILES string of the molecule is O=Cc1c(NC(=O)OCc2ccccc2)oc2ccc(F)cc2c1=O. The number of hydrogen-bond acceptors (Lipinski definition) is 5. The van der Waals surface area contributed by atoms with Gasteiger partial charge in [0.2, 0.25) is 11.3 Å². The number of nitrogens with one attached hydrogen (secondary N) is 1. The molecule has 1 amide bonds. The van der Waals surface area contributed by atoms with Crippen LogP contribution in [0, 0.1) is 5.82 Å². The number of halogens is 1. The number of anilines is 1. The third kappa shape index (κ3) is 3.55. The molecule has 0 bridgehead atoms. The van der Waals surface area contributed by atoms with Gasteiger partial charge in [0.1, 0.15) is 23.6 Å². The van der Waals surface area contributed by atoms with Crippen LogP contribution < -0.4 is 10.7 Å². The summed E-state index contributed by atoms with van der Waals surface area (Å²) in [6.45, 7) is 0.00607. The van der Waals surface area contributed by atoms with E-state index in [-0.39, 0.29) is 29.7 Å². The molecule has 0 radical (unpaired) electrons. The summed E-state index contributed by atoms with van der Waals surface area (Å²) in [6, 6.07) is 12.3. The summed E-state index contributed by atoms with van der Waals surface area (Å²) in [6.07, 6.45) is -0.653. The van der Waals surface area contributed by atoms with Gasteiger partial charge in [0.15, 0.2) is 6.29 Å². The van der Waals surface area contributed by atoms with Crippen LogP contribution in [-0.2, 0) is 11.3 Å². The Morgan fingerprint density at radius 2 is 1.96 bits per heavy atom. The zero-order valence-electron chi connectivity index (χ0n) is 12.8. The Labute approximate surface area is 140 Å². The minimum Gasteiger partial charge on any atom is -0.444 e. The molecule has 126 valence electrons. The van der Waals surface area contributed by atoms with E-state index in [4.69, 9.17) is 9.15 Å². The van der Waals surface area contributed by atoms with Crippen LogP contribution in [0.1, 0.15) is 15.9 Å². The second-order valence-corrected chi connectivity index (χ2v) is 5.12. The minimum absolute atomic E-state index is 0.00607. The minimum atomic E-state index is -0.892. The second kappa shape index (κ2) is 6.96. The fourth-order valence-electron chi connectivity index (χ4n) is 2.23. The highest BCUT2D eigenvalue weighted by Gasteiger charge is 2.17. The van der Waals surface area contributed by atoms with Crippen LogP contribution in [0.15, 0.2) is 57.7 Å². The van der Waals surface area contributed by atoms with Crippen molar-refractivity contribution in [1.29, 1.82) is 0 Å². The molecule has 25 heavy (non-hydrogen) atoms. The molecule has 0 saturated carbocycles. The Morgan fingerprint density at radius 3 is 2.68 bits per heavy atom. The average Bonchev–Trinajstić information content (AvgIpc) is 2.62. The topological polar surface area (TPSA) is 85.6 Å². The van der Waals surface area contributed by atoms with E-state index in [2.05, 4.69) is 5.32 Å². The molecule has 0 aliphatic carbocycles. The molecule has 2 aromatic carbocycles. The van der Waals surface area contributed by atoms with E-state index in [0.29, 0.717) is 0 Å². The van der Waals surface area contributed by atoms with E-state index in [1.165, 1.54) is 6.07 Å². The summed E-state index contributed by atoms with van der Waals surface area (Å²) in [4.78, 5) is 35.3. The zero-order chi connectivity index (χ0) is 17.8. The molecule has 1 aromatic heterocycles. The van der Waals surface area contributed by atoms with Gasteiger partial charge in [-0.05, 0) is 23.8 Å². The van der Waals surface area contributed by atoms with Crippen molar-refractivity contribution in [1.82, 2.24) is 0 Å². The molecule has 0 unspecified atom stereocenters. The van der Waals surface area contributed by atoms with Crippen LogP contribution in [-0.4, -0.2) is 12.4 Å². The highest BCUT2D eigenvalue weighted by molar-refractivity contribution is 5.94.